The van der Waals surface area contributed by atoms with Gasteiger partial charge in [0, 0.05) is 26.1 Å². The SMILES string of the molecule is CC(C(=O)O)C(C)C(=O)N(C)CC(=O)N1CCCC1. The van der Waals surface area contributed by atoms with Crippen LogP contribution in [0.25, 0.3) is 0 Å². The predicted octanol–water partition coefficient (Wildman–Crippen LogP) is 0.424. The van der Waals surface area contributed by atoms with Gasteiger partial charge in [-0.15, -0.1) is 0 Å². The topological polar surface area (TPSA) is 77.9 Å². The van der Waals surface area contributed by atoms with E-state index in [9.17, 15) is 14.4 Å². The second-order valence-electron chi connectivity index (χ2n) is 5.20. The van der Waals surface area contributed by atoms with E-state index in [1.807, 2.05) is 0 Å². The van der Waals surface area contributed by atoms with Gasteiger partial charge in [0.05, 0.1) is 12.5 Å². The first kappa shape index (κ1) is 15.5. The highest BCUT2D eigenvalue weighted by Gasteiger charge is 2.29. The Balaban J connectivity index is 2.52. The Bertz CT molecular complexity index is 364. The van der Waals surface area contributed by atoms with E-state index in [2.05, 4.69) is 0 Å². The lowest BCUT2D eigenvalue weighted by molar-refractivity contribution is -0.149. The van der Waals surface area contributed by atoms with Crippen LogP contribution in [0, 0.1) is 11.8 Å². The van der Waals surface area contributed by atoms with E-state index in [0.29, 0.717) is 0 Å². The molecule has 0 spiro atoms. The van der Waals surface area contributed by atoms with Gasteiger partial charge in [-0.25, -0.2) is 0 Å². The molecular formula is C13H22N2O4. The minimum Gasteiger partial charge on any atom is -0.481 e. The number of hydrogen-bond acceptors (Lipinski definition) is 3. The fourth-order valence-corrected chi connectivity index (χ4v) is 2.12. The van der Waals surface area contributed by atoms with Crippen LogP contribution in [-0.4, -0.2) is 59.4 Å². The van der Waals surface area contributed by atoms with Gasteiger partial charge in [-0.1, -0.05) is 13.8 Å². The average molecular weight is 270 g/mol. The van der Waals surface area contributed by atoms with E-state index in [4.69, 9.17) is 5.11 Å². The third-order valence-corrected chi connectivity index (χ3v) is 3.74. The Hall–Kier alpha value is -1.59. The molecule has 0 aromatic rings. The molecule has 0 aromatic heterocycles. The van der Waals surface area contributed by atoms with Crippen molar-refractivity contribution in [2.75, 3.05) is 26.7 Å². The van der Waals surface area contributed by atoms with E-state index >= 15 is 0 Å². The highest BCUT2D eigenvalue weighted by Crippen LogP contribution is 2.14. The number of likely N-dealkylation sites (tertiary alicyclic amines) is 1. The molecule has 1 aliphatic heterocycles. The normalized spacial score (nSPS) is 17.9. The molecule has 2 amide bonds. The molecule has 6 nitrogen and oxygen atoms in total. The summed E-state index contributed by atoms with van der Waals surface area (Å²) in [6.45, 7) is 4.61. The summed E-state index contributed by atoms with van der Waals surface area (Å²) in [6, 6.07) is 0. The maximum absolute atomic E-state index is 12.0. The fraction of sp³-hybridized carbons (Fsp3) is 0.769. The first-order valence-corrected chi connectivity index (χ1v) is 6.60. The smallest absolute Gasteiger partial charge is 0.307 e. The highest BCUT2D eigenvalue weighted by atomic mass is 16.4. The summed E-state index contributed by atoms with van der Waals surface area (Å²) in [5.41, 5.74) is 0. The lowest BCUT2D eigenvalue weighted by Crippen LogP contribution is -2.43. The third-order valence-electron chi connectivity index (χ3n) is 3.74. The van der Waals surface area contributed by atoms with Gasteiger partial charge in [0.2, 0.25) is 11.8 Å². The highest BCUT2D eigenvalue weighted by molar-refractivity contribution is 5.88. The standard InChI is InChI=1S/C13H22N2O4/c1-9(10(2)13(18)19)12(17)14(3)8-11(16)15-6-4-5-7-15/h9-10H,4-8H2,1-3H3,(H,18,19). The molecule has 2 unspecified atom stereocenters. The quantitative estimate of drug-likeness (QED) is 0.785. The lowest BCUT2D eigenvalue weighted by Gasteiger charge is -2.25. The predicted molar refractivity (Wildman–Crippen MR) is 69.4 cm³/mol. The number of nitrogens with zero attached hydrogens (tertiary/aromatic N) is 2. The minimum atomic E-state index is -1.000. The van der Waals surface area contributed by atoms with Crippen LogP contribution in [0.5, 0.6) is 0 Å². The summed E-state index contributed by atoms with van der Waals surface area (Å²) < 4.78 is 0. The fourth-order valence-electron chi connectivity index (χ4n) is 2.12. The van der Waals surface area contributed by atoms with Crippen molar-refractivity contribution < 1.29 is 19.5 Å². The summed E-state index contributed by atoms with van der Waals surface area (Å²) >= 11 is 0. The lowest BCUT2D eigenvalue weighted by atomic mass is 9.95. The molecule has 1 aliphatic rings. The molecule has 0 bridgehead atoms. The number of carbonyl (C=O) groups is 3. The van der Waals surface area contributed by atoms with Crippen LogP contribution in [0.2, 0.25) is 0 Å². The molecule has 0 saturated carbocycles. The van der Waals surface area contributed by atoms with Crippen molar-refractivity contribution in [1.29, 1.82) is 0 Å². The van der Waals surface area contributed by atoms with E-state index in [0.717, 1.165) is 25.9 Å². The molecule has 1 saturated heterocycles. The van der Waals surface area contributed by atoms with Crippen molar-refractivity contribution >= 4 is 17.8 Å². The number of likely N-dealkylation sites (N-methyl/N-ethyl adjacent to an activating group) is 1. The van der Waals surface area contributed by atoms with Crippen LogP contribution in [0.1, 0.15) is 26.7 Å². The molecule has 108 valence electrons. The van der Waals surface area contributed by atoms with Crippen molar-refractivity contribution in [2.45, 2.75) is 26.7 Å². The number of carbonyl (C=O) groups excluding carboxylic acids is 2. The Labute approximate surface area is 113 Å². The van der Waals surface area contributed by atoms with E-state index in [1.165, 1.54) is 11.8 Å². The van der Waals surface area contributed by atoms with E-state index < -0.39 is 17.8 Å². The number of carboxylic acid groups (broad SMARTS) is 1. The Morgan fingerprint density at radius 2 is 1.68 bits per heavy atom. The molecule has 1 rings (SSSR count). The summed E-state index contributed by atoms with van der Waals surface area (Å²) in [6.07, 6.45) is 2.02. The van der Waals surface area contributed by atoms with Crippen LogP contribution in [-0.2, 0) is 14.4 Å². The largest absolute Gasteiger partial charge is 0.481 e. The maximum Gasteiger partial charge on any atom is 0.307 e. The van der Waals surface area contributed by atoms with Gasteiger partial charge in [0.1, 0.15) is 0 Å². The molecule has 1 fully saturated rings. The van der Waals surface area contributed by atoms with Crippen molar-refractivity contribution in [3.05, 3.63) is 0 Å². The molecule has 0 aliphatic carbocycles. The summed E-state index contributed by atoms with van der Waals surface area (Å²) in [5.74, 6) is -2.75. The molecule has 1 heterocycles. The van der Waals surface area contributed by atoms with Gasteiger partial charge in [-0.05, 0) is 12.8 Å². The number of hydrogen-bond donors (Lipinski definition) is 1. The van der Waals surface area contributed by atoms with Crippen molar-refractivity contribution in [2.24, 2.45) is 11.8 Å². The monoisotopic (exact) mass is 270 g/mol. The number of aliphatic carboxylic acids is 1. The number of carboxylic acids is 1. The van der Waals surface area contributed by atoms with Crippen molar-refractivity contribution in [3.63, 3.8) is 0 Å². The third kappa shape index (κ3) is 3.94. The van der Waals surface area contributed by atoms with Crippen molar-refractivity contribution in [1.82, 2.24) is 9.80 Å². The minimum absolute atomic E-state index is 0.0233. The molecule has 2 atom stereocenters. The summed E-state index contributed by atoms with van der Waals surface area (Å²) in [5, 5.41) is 8.89. The maximum atomic E-state index is 12.0. The zero-order valence-corrected chi connectivity index (χ0v) is 11.8. The van der Waals surface area contributed by atoms with E-state index in [-0.39, 0.29) is 18.4 Å². The molecule has 1 N–H and O–H groups in total. The van der Waals surface area contributed by atoms with Crippen LogP contribution < -0.4 is 0 Å². The Morgan fingerprint density at radius 3 is 2.16 bits per heavy atom. The van der Waals surface area contributed by atoms with Gasteiger partial charge in [0.25, 0.3) is 0 Å². The first-order chi connectivity index (χ1) is 8.84. The molecule has 0 aromatic carbocycles. The molecule has 0 radical (unpaired) electrons. The van der Waals surface area contributed by atoms with Gasteiger partial charge < -0.3 is 14.9 Å². The zero-order chi connectivity index (χ0) is 14.6. The second kappa shape index (κ2) is 6.54. The second-order valence-corrected chi connectivity index (χ2v) is 5.20. The number of amides is 2. The Kier molecular flexibility index (Phi) is 5.32. The van der Waals surface area contributed by atoms with Crippen LogP contribution in [0.3, 0.4) is 0 Å². The van der Waals surface area contributed by atoms with Crippen LogP contribution in [0.15, 0.2) is 0 Å². The zero-order valence-electron chi connectivity index (χ0n) is 11.8. The van der Waals surface area contributed by atoms with Crippen LogP contribution >= 0.6 is 0 Å². The van der Waals surface area contributed by atoms with Gasteiger partial charge in [-0.2, -0.15) is 0 Å². The van der Waals surface area contributed by atoms with Gasteiger partial charge >= 0.3 is 5.97 Å². The van der Waals surface area contributed by atoms with Crippen LogP contribution in [0.4, 0.5) is 0 Å². The summed E-state index contributed by atoms with van der Waals surface area (Å²) in [4.78, 5) is 37.9. The van der Waals surface area contributed by atoms with E-state index in [1.54, 1.807) is 18.9 Å². The molecule has 6 heteroatoms. The van der Waals surface area contributed by atoms with Gasteiger partial charge in [-0.3, -0.25) is 14.4 Å². The summed E-state index contributed by atoms with van der Waals surface area (Å²) in [7, 11) is 1.54. The number of rotatable bonds is 5. The Morgan fingerprint density at radius 1 is 1.16 bits per heavy atom. The van der Waals surface area contributed by atoms with Gasteiger partial charge in [0.15, 0.2) is 0 Å². The molecule has 19 heavy (non-hydrogen) atoms. The average Bonchev–Trinajstić information content (AvgIpc) is 2.89. The van der Waals surface area contributed by atoms with Crippen molar-refractivity contribution in [3.8, 4) is 0 Å². The molecular weight excluding hydrogens is 248 g/mol. The first-order valence-electron chi connectivity index (χ1n) is 6.60.